The number of piperidine rings is 1. The summed E-state index contributed by atoms with van der Waals surface area (Å²) >= 11 is 0. The number of nitrogens with zero attached hydrogens (tertiary/aromatic N) is 1. The quantitative estimate of drug-likeness (QED) is 0.801. The summed E-state index contributed by atoms with van der Waals surface area (Å²) in [6.07, 6.45) is 8.31. The smallest absolute Gasteiger partial charge is 0.0110 e. The molecule has 5 atom stereocenters. The van der Waals surface area contributed by atoms with Crippen molar-refractivity contribution >= 4 is 0 Å². The minimum Gasteiger partial charge on any atom is -0.327 e. The van der Waals surface area contributed by atoms with Crippen molar-refractivity contribution in [3.8, 4) is 0 Å². The molecule has 0 amide bonds. The maximum atomic E-state index is 6.19. The van der Waals surface area contributed by atoms with Crippen LogP contribution < -0.4 is 5.73 Å². The minimum absolute atomic E-state index is 0.423. The molecule has 1 saturated heterocycles. The number of likely N-dealkylation sites (tertiary alicyclic amines) is 1. The molecule has 1 aliphatic carbocycles. The molecule has 2 aliphatic rings. The van der Waals surface area contributed by atoms with Gasteiger partial charge in [-0.25, -0.2) is 0 Å². The zero-order valence-corrected chi connectivity index (χ0v) is 11.9. The molecule has 1 aliphatic heterocycles. The van der Waals surface area contributed by atoms with Gasteiger partial charge in [-0.1, -0.05) is 33.1 Å². The molecule has 0 aromatic rings. The van der Waals surface area contributed by atoms with Gasteiger partial charge in [0.15, 0.2) is 0 Å². The van der Waals surface area contributed by atoms with Crippen molar-refractivity contribution in [2.24, 2.45) is 17.6 Å². The number of hydrogen-bond acceptors (Lipinski definition) is 2. The van der Waals surface area contributed by atoms with Gasteiger partial charge in [-0.2, -0.15) is 0 Å². The van der Waals surface area contributed by atoms with E-state index in [0.717, 1.165) is 12.0 Å². The Labute approximate surface area is 107 Å². The molecule has 17 heavy (non-hydrogen) atoms. The first-order valence-corrected chi connectivity index (χ1v) is 7.64. The molecule has 0 aromatic carbocycles. The highest BCUT2D eigenvalue weighted by molar-refractivity contribution is 4.91. The van der Waals surface area contributed by atoms with E-state index in [1.165, 1.54) is 45.1 Å². The van der Waals surface area contributed by atoms with Crippen LogP contribution in [0.4, 0.5) is 0 Å². The molecule has 2 fully saturated rings. The van der Waals surface area contributed by atoms with Gasteiger partial charge in [0.25, 0.3) is 0 Å². The normalized spacial score (nSPS) is 44.8. The van der Waals surface area contributed by atoms with E-state index in [-0.39, 0.29) is 0 Å². The van der Waals surface area contributed by atoms with Gasteiger partial charge < -0.3 is 5.73 Å². The lowest BCUT2D eigenvalue weighted by atomic mass is 9.80. The fraction of sp³-hybridized carbons (Fsp3) is 1.00. The topological polar surface area (TPSA) is 29.3 Å². The lowest BCUT2D eigenvalue weighted by Crippen LogP contribution is -2.55. The van der Waals surface area contributed by atoms with Gasteiger partial charge in [-0.15, -0.1) is 0 Å². The standard InChI is InChI=1S/C15H30N2/c1-4-13-6-5-7-14(10-13)17-9-8-15(16)11(2)12(17)3/h11-15H,4-10,16H2,1-3H3. The Hall–Kier alpha value is -0.0800. The summed E-state index contributed by atoms with van der Waals surface area (Å²) in [4.78, 5) is 2.77. The van der Waals surface area contributed by atoms with E-state index < -0.39 is 0 Å². The van der Waals surface area contributed by atoms with Crippen molar-refractivity contribution in [1.82, 2.24) is 4.90 Å². The fourth-order valence-electron chi connectivity index (χ4n) is 3.87. The Morgan fingerprint density at radius 1 is 1.18 bits per heavy atom. The third kappa shape index (κ3) is 2.85. The largest absolute Gasteiger partial charge is 0.327 e. The average Bonchev–Trinajstić information content (AvgIpc) is 2.36. The van der Waals surface area contributed by atoms with Crippen molar-refractivity contribution in [2.75, 3.05) is 6.54 Å². The Morgan fingerprint density at radius 2 is 1.94 bits per heavy atom. The predicted molar refractivity (Wildman–Crippen MR) is 74.0 cm³/mol. The Bertz CT molecular complexity index is 241. The molecule has 1 heterocycles. The van der Waals surface area contributed by atoms with Crippen LogP contribution in [0.5, 0.6) is 0 Å². The second-order valence-corrected chi connectivity index (χ2v) is 6.38. The Morgan fingerprint density at radius 3 is 2.65 bits per heavy atom. The highest BCUT2D eigenvalue weighted by Gasteiger charge is 2.35. The van der Waals surface area contributed by atoms with E-state index in [4.69, 9.17) is 5.73 Å². The molecular formula is C15H30N2. The lowest BCUT2D eigenvalue weighted by molar-refractivity contribution is 0.0294. The maximum Gasteiger partial charge on any atom is 0.0110 e. The van der Waals surface area contributed by atoms with Crippen LogP contribution in [0.3, 0.4) is 0 Å². The summed E-state index contributed by atoms with van der Waals surface area (Å²) < 4.78 is 0. The van der Waals surface area contributed by atoms with Gasteiger partial charge in [0.1, 0.15) is 0 Å². The van der Waals surface area contributed by atoms with E-state index >= 15 is 0 Å². The Balaban J connectivity index is 1.97. The fourth-order valence-corrected chi connectivity index (χ4v) is 3.87. The zero-order chi connectivity index (χ0) is 12.4. The first-order valence-electron chi connectivity index (χ1n) is 7.64. The molecule has 1 saturated carbocycles. The third-order valence-corrected chi connectivity index (χ3v) is 5.48. The molecule has 100 valence electrons. The SMILES string of the molecule is CCC1CCCC(N2CCC(N)C(C)C2C)C1. The molecule has 2 heteroatoms. The number of rotatable bonds is 2. The molecule has 0 aromatic heterocycles. The highest BCUT2D eigenvalue weighted by atomic mass is 15.2. The van der Waals surface area contributed by atoms with Gasteiger partial charge >= 0.3 is 0 Å². The summed E-state index contributed by atoms with van der Waals surface area (Å²) in [5.41, 5.74) is 6.19. The van der Waals surface area contributed by atoms with Crippen LogP contribution in [0.25, 0.3) is 0 Å². The van der Waals surface area contributed by atoms with E-state index in [0.29, 0.717) is 18.0 Å². The van der Waals surface area contributed by atoms with Crippen molar-refractivity contribution < 1.29 is 0 Å². The summed E-state index contributed by atoms with van der Waals surface area (Å²) in [6, 6.07) is 1.95. The van der Waals surface area contributed by atoms with E-state index in [1.54, 1.807) is 0 Å². The van der Waals surface area contributed by atoms with Crippen molar-refractivity contribution in [3.05, 3.63) is 0 Å². The van der Waals surface area contributed by atoms with E-state index in [2.05, 4.69) is 25.7 Å². The molecule has 0 bridgehead atoms. The summed E-state index contributed by atoms with van der Waals surface area (Å²) in [6.45, 7) is 8.31. The van der Waals surface area contributed by atoms with Crippen LogP contribution in [0.15, 0.2) is 0 Å². The number of nitrogens with two attached hydrogens (primary N) is 1. The van der Waals surface area contributed by atoms with Crippen LogP contribution in [-0.4, -0.2) is 29.6 Å². The molecular weight excluding hydrogens is 208 g/mol. The maximum absolute atomic E-state index is 6.19. The molecule has 0 radical (unpaired) electrons. The molecule has 0 spiro atoms. The van der Waals surface area contributed by atoms with Gasteiger partial charge in [-0.05, 0) is 38.0 Å². The second-order valence-electron chi connectivity index (χ2n) is 6.38. The lowest BCUT2D eigenvalue weighted by Gasteiger charge is -2.47. The summed E-state index contributed by atoms with van der Waals surface area (Å²) in [5.74, 6) is 1.64. The van der Waals surface area contributed by atoms with Crippen LogP contribution >= 0.6 is 0 Å². The third-order valence-electron chi connectivity index (χ3n) is 5.48. The minimum atomic E-state index is 0.423. The van der Waals surface area contributed by atoms with Crippen LogP contribution in [0.2, 0.25) is 0 Å². The molecule has 2 nitrogen and oxygen atoms in total. The van der Waals surface area contributed by atoms with Crippen molar-refractivity contribution in [1.29, 1.82) is 0 Å². The van der Waals surface area contributed by atoms with Crippen molar-refractivity contribution in [2.45, 2.75) is 77.4 Å². The summed E-state index contributed by atoms with van der Waals surface area (Å²) in [7, 11) is 0. The van der Waals surface area contributed by atoms with Crippen LogP contribution in [0, 0.1) is 11.8 Å². The first kappa shape index (κ1) is 13.4. The van der Waals surface area contributed by atoms with Gasteiger partial charge in [0, 0.05) is 24.7 Å². The van der Waals surface area contributed by atoms with Gasteiger partial charge in [-0.3, -0.25) is 4.90 Å². The zero-order valence-electron chi connectivity index (χ0n) is 11.9. The van der Waals surface area contributed by atoms with Gasteiger partial charge in [0.05, 0.1) is 0 Å². The molecule has 5 unspecified atom stereocenters. The molecule has 2 N–H and O–H groups in total. The van der Waals surface area contributed by atoms with E-state index in [9.17, 15) is 0 Å². The summed E-state index contributed by atoms with van der Waals surface area (Å²) in [5, 5.41) is 0. The highest BCUT2D eigenvalue weighted by Crippen LogP contribution is 2.34. The average molecular weight is 238 g/mol. The Kier molecular flexibility index (Phi) is 4.48. The van der Waals surface area contributed by atoms with E-state index in [1.807, 2.05) is 0 Å². The monoisotopic (exact) mass is 238 g/mol. The molecule has 2 rings (SSSR count). The first-order chi connectivity index (χ1) is 8.13. The van der Waals surface area contributed by atoms with Crippen LogP contribution in [0.1, 0.15) is 59.3 Å². The number of hydrogen-bond donors (Lipinski definition) is 1. The van der Waals surface area contributed by atoms with Gasteiger partial charge in [0.2, 0.25) is 0 Å². The van der Waals surface area contributed by atoms with Crippen LogP contribution in [-0.2, 0) is 0 Å². The van der Waals surface area contributed by atoms with Crippen molar-refractivity contribution in [3.63, 3.8) is 0 Å². The second kappa shape index (κ2) is 5.71. The predicted octanol–water partition coefficient (Wildman–Crippen LogP) is 3.01.